The maximum absolute atomic E-state index is 13.7. The van der Waals surface area contributed by atoms with Crippen LogP contribution in [0.1, 0.15) is 12.1 Å². The van der Waals surface area contributed by atoms with Gasteiger partial charge in [0.05, 0.1) is 5.52 Å². The minimum atomic E-state index is -2.67. The Morgan fingerprint density at radius 1 is 0.943 bits per heavy atom. The van der Waals surface area contributed by atoms with Crippen molar-refractivity contribution in [2.24, 2.45) is 7.05 Å². The normalized spacial score (nSPS) is 12.1. The number of benzene rings is 2. The fourth-order valence-electron chi connectivity index (χ4n) is 4.64. The van der Waals surface area contributed by atoms with Gasteiger partial charge in [0.15, 0.2) is 11.5 Å². The summed E-state index contributed by atoms with van der Waals surface area (Å²) in [6.45, 7) is 0. The Morgan fingerprint density at radius 2 is 1.74 bits per heavy atom. The number of halogens is 2. The highest BCUT2D eigenvalue weighted by Gasteiger charge is 2.22. The average Bonchev–Trinajstić information content (AvgIpc) is 3.57. The molecule has 7 rings (SSSR count). The number of fused-ring (bicyclic) bond motifs is 6. The minimum absolute atomic E-state index is 0.253. The van der Waals surface area contributed by atoms with Gasteiger partial charge in [-0.3, -0.25) is 0 Å². The highest BCUT2D eigenvalue weighted by molar-refractivity contribution is 7.26. The highest BCUT2D eigenvalue weighted by atomic mass is 32.1. The minimum Gasteiger partial charge on any atom is -0.350 e. The lowest BCUT2D eigenvalue weighted by atomic mass is 10.0. The van der Waals surface area contributed by atoms with Crippen LogP contribution in [-0.2, 0) is 7.05 Å². The fraction of sp³-hybridized carbons (Fsp3) is 0.0769. The summed E-state index contributed by atoms with van der Waals surface area (Å²) in [6, 6.07) is 19.0. The number of rotatable bonds is 3. The summed E-state index contributed by atoms with van der Waals surface area (Å²) in [7, 11) is 1.99. The number of aryl methyl sites for hydroxylation is 1. The molecular weight excluding hydrogens is 466 g/mol. The van der Waals surface area contributed by atoms with E-state index in [9.17, 15) is 8.78 Å². The number of thiophene rings is 1. The van der Waals surface area contributed by atoms with E-state index in [4.69, 9.17) is 4.98 Å². The predicted octanol–water partition coefficient (Wildman–Crippen LogP) is 6.65. The zero-order valence-electron chi connectivity index (χ0n) is 18.4. The van der Waals surface area contributed by atoms with Gasteiger partial charge in [0.25, 0.3) is 6.43 Å². The van der Waals surface area contributed by atoms with Crippen LogP contribution < -0.4 is 0 Å². The first kappa shape index (κ1) is 20.2. The standard InChI is InChI=1S/C26H16F2N6S/c1-33-12-17(15-9-5-6-10-19(15)33)24-31-25-22-21(29-13-34(25)32-24)20-16(14-7-3-2-4-8-14)11-18(23(27)28)30-26(20)35-22/h2-13,23H,1H3. The molecule has 0 aliphatic carbocycles. The van der Waals surface area contributed by atoms with Crippen molar-refractivity contribution < 1.29 is 8.78 Å². The zero-order valence-corrected chi connectivity index (χ0v) is 19.2. The summed E-state index contributed by atoms with van der Waals surface area (Å²) in [5.74, 6) is 0.582. The van der Waals surface area contributed by atoms with Gasteiger partial charge in [-0.2, -0.15) is 0 Å². The molecule has 5 aromatic heterocycles. The fourth-order valence-corrected chi connectivity index (χ4v) is 5.77. The van der Waals surface area contributed by atoms with E-state index in [0.717, 1.165) is 32.1 Å². The molecule has 170 valence electrons. The van der Waals surface area contributed by atoms with E-state index < -0.39 is 6.43 Å². The first-order chi connectivity index (χ1) is 17.1. The molecule has 0 unspecified atom stereocenters. The molecular formula is C26H16F2N6S. The van der Waals surface area contributed by atoms with Gasteiger partial charge in [-0.1, -0.05) is 48.5 Å². The summed E-state index contributed by atoms with van der Waals surface area (Å²) in [4.78, 5) is 14.3. The molecule has 0 fully saturated rings. The SMILES string of the molecule is Cn1cc(-c2nc3c4sc5nc(C(F)F)cc(-c6ccccc6)c5c4ncn3n2)c2ccccc21. The number of nitrogens with zero attached hydrogens (tertiary/aromatic N) is 6. The molecule has 0 aliphatic heterocycles. The predicted molar refractivity (Wildman–Crippen MR) is 134 cm³/mol. The number of hydrogen-bond donors (Lipinski definition) is 0. The second-order valence-corrected chi connectivity index (χ2v) is 9.34. The first-order valence-corrected chi connectivity index (χ1v) is 11.8. The van der Waals surface area contributed by atoms with Gasteiger partial charge in [0.2, 0.25) is 0 Å². The number of alkyl halides is 2. The van der Waals surface area contributed by atoms with Crippen molar-refractivity contribution in [2.45, 2.75) is 6.43 Å². The van der Waals surface area contributed by atoms with Crippen molar-refractivity contribution in [1.29, 1.82) is 0 Å². The smallest absolute Gasteiger partial charge is 0.280 e. The average molecular weight is 483 g/mol. The van der Waals surface area contributed by atoms with E-state index in [2.05, 4.69) is 21.1 Å². The molecule has 5 heterocycles. The maximum atomic E-state index is 13.7. The molecule has 0 atom stereocenters. The third kappa shape index (κ3) is 2.98. The molecule has 6 nitrogen and oxygen atoms in total. The van der Waals surface area contributed by atoms with Crippen molar-refractivity contribution in [2.75, 3.05) is 0 Å². The lowest BCUT2D eigenvalue weighted by Crippen LogP contribution is -1.93. The van der Waals surface area contributed by atoms with Gasteiger partial charge < -0.3 is 4.57 Å². The van der Waals surface area contributed by atoms with Crippen LogP contribution in [0.25, 0.3) is 59.5 Å². The molecule has 0 bridgehead atoms. The van der Waals surface area contributed by atoms with Crippen molar-refractivity contribution >= 4 is 48.3 Å². The summed E-state index contributed by atoms with van der Waals surface area (Å²) < 4.78 is 31.9. The summed E-state index contributed by atoms with van der Waals surface area (Å²) in [5, 5.41) is 6.49. The molecule has 0 radical (unpaired) electrons. The van der Waals surface area contributed by atoms with E-state index in [-0.39, 0.29) is 5.69 Å². The summed E-state index contributed by atoms with van der Waals surface area (Å²) >= 11 is 1.31. The van der Waals surface area contributed by atoms with Crippen LogP contribution in [-0.4, -0.2) is 29.1 Å². The van der Waals surface area contributed by atoms with E-state index in [1.165, 1.54) is 17.4 Å². The molecule has 2 aromatic carbocycles. The largest absolute Gasteiger partial charge is 0.350 e. The van der Waals surface area contributed by atoms with Gasteiger partial charge in [0.1, 0.15) is 21.6 Å². The molecule has 9 heteroatoms. The third-order valence-electron chi connectivity index (χ3n) is 6.23. The maximum Gasteiger partial charge on any atom is 0.280 e. The van der Waals surface area contributed by atoms with Crippen LogP contribution in [0.4, 0.5) is 8.78 Å². The molecule has 7 aromatic rings. The van der Waals surface area contributed by atoms with Crippen molar-refractivity contribution in [3.8, 4) is 22.5 Å². The second-order valence-electron chi connectivity index (χ2n) is 8.34. The van der Waals surface area contributed by atoms with Gasteiger partial charge >= 0.3 is 0 Å². The Morgan fingerprint density at radius 3 is 2.57 bits per heavy atom. The Balaban J connectivity index is 1.53. The van der Waals surface area contributed by atoms with Crippen molar-refractivity contribution in [1.82, 2.24) is 29.1 Å². The number of aromatic nitrogens is 6. The zero-order chi connectivity index (χ0) is 23.7. The second kappa shape index (κ2) is 7.38. The molecule has 0 aliphatic rings. The van der Waals surface area contributed by atoms with Crippen LogP contribution in [0.15, 0.2) is 73.2 Å². The van der Waals surface area contributed by atoms with Gasteiger partial charge in [-0.05, 0) is 23.3 Å². The Hall–Kier alpha value is -4.24. The molecule has 35 heavy (non-hydrogen) atoms. The lowest BCUT2D eigenvalue weighted by Gasteiger charge is -2.07. The monoisotopic (exact) mass is 482 g/mol. The summed E-state index contributed by atoms with van der Waals surface area (Å²) in [6.07, 6.45) is 0.964. The Labute approximate surface area is 201 Å². The van der Waals surface area contributed by atoms with E-state index >= 15 is 0 Å². The number of pyridine rings is 1. The highest BCUT2D eigenvalue weighted by Crippen LogP contribution is 2.41. The third-order valence-corrected chi connectivity index (χ3v) is 7.30. The quantitative estimate of drug-likeness (QED) is 0.283. The molecule has 0 N–H and O–H groups in total. The topological polar surface area (TPSA) is 60.9 Å². The van der Waals surface area contributed by atoms with Crippen molar-refractivity contribution in [3.63, 3.8) is 0 Å². The van der Waals surface area contributed by atoms with E-state index in [1.807, 2.05) is 66.3 Å². The first-order valence-electron chi connectivity index (χ1n) is 10.9. The van der Waals surface area contributed by atoms with Crippen molar-refractivity contribution in [3.05, 3.63) is 78.9 Å². The van der Waals surface area contributed by atoms with Crippen LogP contribution >= 0.6 is 11.3 Å². The lowest BCUT2D eigenvalue weighted by molar-refractivity contribution is 0.146. The molecule has 0 amide bonds. The van der Waals surface area contributed by atoms with Gasteiger partial charge in [0, 0.05) is 35.1 Å². The Kier molecular flexibility index (Phi) is 4.25. The Bertz CT molecular complexity index is 1900. The van der Waals surface area contributed by atoms with Crippen LogP contribution in [0.3, 0.4) is 0 Å². The number of para-hydroxylation sites is 1. The van der Waals surface area contributed by atoms with E-state index in [0.29, 0.717) is 27.4 Å². The molecule has 0 saturated carbocycles. The summed E-state index contributed by atoms with van der Waals surface area (Å²) in [5.41, 5.74) is 4.58. The van der Waals surface area contributed by atoms with Crippen LogP contribution in [0, 0.1) is 0 Å². The van der Waals surface area contributed by atoms with Crippen LogP contribution in [0.2, 0.25) is 0 Å². The van der Waals surface area contributed by atoms with E-state index in [1.54, 1.807) is 10.8 Å². The molecule has 0 saturated heterocycles. The van der Waals surface area contributed by atoms with Gasteiger partial charge in [-0.15, -0.1) is 16.4 Å². The molecule has 0 spiro atoms. The van der Waals surface area contributed by atoms with Gasteiger partial charge in [-0.25, -0.2) is 28.2 Å². The van der Waals surface area contributed by atoms with Crippen LogP contribution in [0.5, 0.6) is 0 Å². The number of hydrogen-bond acceptors (Lipinski definition) is 5.